The van der Waals surface area contributed by atoms with Gasteiger partial charge in [0.2, 0.25) is 6.79 Å². The highest BCUT2D eigenvalue weighted by Gasteiger charge is 2.13. The summed E-state index contributed by atoms with van der Waals surface area (Å²) >= 11 is 5.27. The van der Waals surface area contributed by atoms with Gasteiger partial charge in [-0.2, -0.15) is 0 Å². The molecule has 0 aliphatic carbocycles. The zero-order valence-electron chi connectivity index (χ0n) is 10.6. The molecular formula is C15H12FNO2S. The Labute approximate surface area is 121 Å². The molecule has 0 spiro atoms. The normalized spacial score (nSPS) is 12.2. The second kappa shape index (κ2) is 5.46. The maximum atomic E-state index is 12.8. The highest BCUT2D eigenvalue weighted by atomic mass is 32.1. The van der Waals surface area contributed by atoms with E-state index in [9.17, 15) is 4.39 Å². The van der Waals surface area contributed by atoms with Gasteiger partial charge >= 0.3 is 0 Å². The second-order valence-electron chi connectivity index (χ2n) is 4.38. The van der Waals surface area contributed by atoms with Crippen LogP contribution in [0.3, 0.4) is 0 Å². The first-order chi connectivity index (χ1) is 9.72. The Kier molecular flexibility index (Phi) is 3.52. The van der Waals surface area contributed by atoms with E-state index in [1.165, 1.54) is 12.1 Å². The molecule has 0 unspecified atom stereocenters. The lowest BCUT2D eigenvalue weighted by atomic mass is 10.2. The van der Waals surface area contributed by atoms with Crippen LogP contribution >= 0.6 is 12.2 Å². The van der Waals surface area contributed by atoms with E-state index in [4.69, 9.17) is 21.7 Å². The second-order valence-corrected chi connectivity index (χ2v) is 4.79. The number of ether oxygens (including phenoxy) is 2. The molecule has 2 aromatic carbocycles. The minimum atomic E-state index is -0.271. The Morgan fingerprint density at radius 3 is 2.65 bits per heavy atom. The van der Waals surface area contributed by atoms with Crippen LogP contribution in [0.25, 0.3) is 0 Å². The van der Waals surface area contributed by atoms with Gasteiger partial charge in [0.1, 0.15) is 10.8 Å². The van der Waals surface area contributed by atoms with E-state index in [1.807, 2.05) is 18.2 Å². The van der Waals surface area contributed by atoms with Crippen molar-refractivity contribution in [2.75, 3.05) is 6.79 Å². The highest BCUT2D eigenvalue weighted by molar-refractivity contribution is 7.80. The van der Waals surface area contributed by atoms with E-state index in [0.29, 0.717) is 11.5 Å². The fraction of sp³-hybridized carbons (Fsp3) is 0.133. The van der Waals surface area contributed by atoms with Crippen LogP contribution in [0.1, 0.15) is 11.1 Å². The minimum absolute atomic E-state index is 0.264. The Hall–Kier alpha value is -2.14. The first-order valence-electron chi connectivity index (χ1n) is 6.15. The molecule has 1 heterocycles. The Morgan fingerprint density at radius 2 is 1.85 bits per heavy atom. The predicted molar refractivity (Wildman–Crippen MR) is 77.5 cm³/mol. The third kappa shape index (κ3) is 2.72. The van der Waals surface area contributed by atoms with Crippen molar-refractivity contribution in [3.05, 3.63) is 59.4 Å². The lowest BCUT2D eigenvalue weighted by Gasteiger charge is -2.08. The Bertz CT molecular complexity index is 643. The maximum absolute atomic E-state index is 12.8. The van der Waals surface area contributed by atoms with Gasteiger partial charge in [-0.15, -0.1) is 0 Å². The van der Waals surface area contributed by atoms with Crippen molar-refractivity contribution in [2.24, 2.45) is 0 Å². The first-order valence-corrected chi connectivity index (χ1v) is 6.55. The van der Waals surface area contributed by atoms with E-state index in [0.717, 1.165) is 22.6 Å². The molecule has 0 saturated carbocycles. The molecule has 0 fully saturated rings. The van der Waals surface area contributed by atoms with Crippen molar-refractivity contribution in [1.29, 1.82) is 0 Å². The number of hydrogen-bond donors (Lipinski definition) is 1. The van der Waals surface area contributed by atoms with Gasteiger partial charge in [0.25, 0.3) is 0 Å². The van der Waals surface area contributed by atoms with E-state index in [2.05, 4.69) is 5.32 Å². The van der Waals surface area contributed by atoms with Gasteiger partial charge < -0.3 is 14.8 Å². The van der Waals surface area contributed by atoms with Crippen molar-refractivity contribution >= 4 is 17.2 Å². The molecule has 0 atom stereocenters. The van der Waals surface area contributed by atoms with Crippen molar-refractivity contribution in [3.63, 3.8) is 0 Å². The summed E-state index contributed by atoms with van der Waals surface area (Å²) in [6, 6.07) is 11.8. The van der Waals surface area contributed by atoms with E-state index in [1.54, 1.807) is 12.1 Å². The van der Waals surface area contributed by atoms with E-state index in [-0.39, 0.29) is 12.6 Å². The summed E-state index contributed by atoms with van der Waals surface area (Å²) in [5, 5.41) is 3.14. The Balaban J connectivity index is 1.64. The SMILES string of the molecule is Fc1ccc(C(=S)NCc2ccc3c(c2)OCO3)cc1. The molecule has 0 saturated heterocycles. The van der Waals surface area contributed by atoms with Crippen molar-refractivity contribution in [3.8, 4) is 11.5 Å². The zero-order chi connectivity index (χ0) is 13.9. The average molecular weight is 289 g/mol. The lowest BCUT2D eigenvalue weighted by molar-refractivity contribution is 0.174. The quantitative estimate of drug-likeness (QED) is 0.880. The molecule has 1 N–H and O–H groups in total. The van der Waals surface area contributed by atoms with Gasteiger partial charge in [-0.1, -0.05) is 18.3 Å². The van der Waals surface area contributed by atoms with Crippen molar-refractivity contribution < 1.29 is 13.9 Å². The average Bonchev–Trinajstić information content (AvgIpc) is 2.93. The molecule has 0 bridgehead atoms. The van der Waals surface area contributed by atoms with Gasteiger partial charge in [-0.05, 0) is 42.0 Å². The lowest BCUT2D eigenvalue weighted by Crippen LogP contribution is -2.21. The molecule has 3 rings (SSSR count). The van der Waals surface area contributed by atoms with Crippen LogP contribution in [-0.2, 0) is 6.54 Å². The standard InChI is InChI=1S/C15H12FNO2S/c16-12-4-2-11(3-5-12)15(20)17-8-10-1-6-13-14(7-10)19-9-18-13/h1-7H,8-9H2,(H,17,20). The molecule has 102 valence electrons. The van der Waals surface area contributed by atoms with Crippen LogP contribution in [0, 0.1) is 5.82 Å². The molecule has 2 aromatic rings. The number of benzene rings is 2. The van der Waals surface area contributed by atoms with Crippen LogP contribution < -0.4 is 14.8 Å². The smallest absolute Gasteiger partial charge is 0.231 e. The molecule has 3 nitrogen and oxygen atoms in total. The third-order valence-electron chi connectivity index (χ3n) is 3.00. The molecule has 0 amide bonds. The number of hydrogen-bond acceptors (Lipinski definition) is 3. The van der Waals surface area contributed by atoms with Crippen LogP contribution in [0.15, 0.2) is 42.5 Å². The number of thiocarbonyl (C=S) groups is 1. The number of fused-ring (bicyclic) bond motifs is 1. The van der Waals surface area contributed by atoms with Gasteiger partial charge in [0.15, 0.2) is 11.5 Å². The highest BCUT2D eigenvalue weighted by Crippen LogP contribution is 2.32. The molecule has 0 radical (unpaired) electrons. The van der Waals surface area contributed by atoms with Crippen LogP contribution in [0.4, 0.5) is 4.39 Å². The monoisotopic (exact) mass is 289 g/mol. The zero-order valence-corrected chi connectivity index (χ0v) is 11.4. The largest absolute Gasteiger partial charge is 0.454 e. The maximum Gasteiger partial charge on any atom is 0.231 e. The molecule has 0 aromatic heterocycles. The summed E-state index contributed by atoms with van der Waals surface area (Å²) in [7, 11) is 0. The van der Waals surface area contributed by atoms with Gasteiger partial charge in [0, 0.05) is 12.1 Å². The molecule has 5 heteroatoms. The van der Waals surface area contributed by atoms with E-state index < -0.39 is 0 Å². The van der Waals surface area contributed by atoms with Crippen LogP contribution in [0.2, 0.25) is 0 Å². The van der Waals surface area contributed by atoms with Gasteiger partial charge in [-0.3, -0.25) is 0 Å². The number of rotatable bonds is 3. The first kappa shape index (κ1) is 12.9. The van der Waals surface area contributed by atoms with E-state index >= 15 is 0 Å². The summed E-state index contributed by atoms with van der Waals surface area (Å²) < 4.78 is 23.4. The number of nitrogens with one attached hydrogen (secondary N) is 1. The topological polar surface area (TPSA) is 30.5 Å². The summed E-state index contributed by atoms with van der Waals surface area (Å²) in [6.45, 7) is 0.840. The van der Waals surface area contributed by atoms with Crippen molar-refractivity contribution in [2.45, 2.75) is 6.54 Å². The van der Waals surface area contributed by atoms with Crippen molar-refractivity contribution in [1.82, 2.24) is 5.32 Å². The summed E-state index contributed by atoms with van der Waals surface area (Å²) in [5.41, 5.74) is 1.83. The van der Waals surface area contributed by atoms with Gasteiger partial charge in [-0.25, -0.2) is 4.39 Å². The molecule has 1 aliphatic rings. The summed E-state index contributed by atoms with van der Waals surface area (Å²) in [5.74, 6) is 1.24. The fourth-order valence-electron chi connectivity index (χ4n) is 1.94. The predicted octanol–water partition coefficient (Wildman–Crippen LogP) is 3.02. The Morgan fingerprint density at radius 1 is 1.10 bits per heavy atom. The molecule has 20 heavy (non-hydrogen) atoms. The minimum Gasteiger partial charge on any atom is -0.454 e. The third-order valence-corrected chi connectivity index (χ3v) is 3.38. The van der Waals surface area contributed by atoms with Gasteiger partial charge in [0.05, 0.1) is 0 Å². The molecular weight excluding hydrogens is 277 g/mol. The summed E-state index contributed by atoms with van der Waals surface area (Å²) in [4.78, 5) is 0.586. The fourth-order valence-corrected chi connectivity index (χ4v) is 2.14. The summed E-state index contributed by atoms with van der Waals surface area (Å²) in [6.07, 6.45) is 0. The number of halogens is 1. The van der Waals surface area contributed by atoms with Crippen LogP contribution in [-0.4, -0.2) is 11.8 Å². The van der Waals surface area contributed by atoms with Crippen LogP contribution in [0.5, 0.6) is 11.5 Å². The molecule has 1 aliphatic heterocycles.